The van der Waals surface area contributed by atoms with E-state index in [9.17, 15) is 13.2 Å². The van der Waals surface area contributed by atoms with E-state index in [-0.39, 0.29) is 16.5 Å². The molecule has 0 unspecified atom stereocenters. The first-order chi connectivity index (χ1) is 13.5. The molecule has 1 N–H and O–H groups in total. The van der Waals surface area contributed by atoms with Crippen molar-refractivity contribution >= 4 is 16.0 Å². The zero-order valence-electron chi connectivity index (χ0n) is 15.0. The summed E-state index contributed by atoms with van der Waals surface area (Å²) in [7, 11) is -3.62. The van der Waals surface area contributed by atoms with Gasteiger partial charge < -0.3 is 4.74 Å². The summed E-state index contributed by atoms with van der Waals surface area (Å²) >= 11 is 0. The fraction of sp³-hybridized carbons (Fsp3) is 0.136. The van der Waals surface area contributed by atoms with Gasteiger partial charge in [0.15, 0.2) is 0 Å². The maximum absolute atomic E-state index is 12.4. The number of carbonyl (C=O) groups excluding carboxylic acids is 1. The van der Waals surface area contributed by atoms with Crippen molar-refractivity contribution in [2.24, 2.45) is 0 Å². The summed E-state index contributed by atoms with van der Waals surface area (Å²) in [6.07, 6.45) is 1.69. The molecule has 1 aliphatic carbocycles. The van der Waals surface area contributed by atoms with Crippen LogP contribution in [0.3, 0.4) is 0 Å². The first kappa shape index (κ1) is 18.4. The molecule has 1 aliphatic rings. The van der Waals surface area contributed by atoms with Gasteiger partial charge in [-0.05, 0) is 54.3 Å². The quantitative estimate of drug-likeness (QED) is 0.507. The number of ether oxygens (including phenoxy) is 1. The van der Waals surface area contributed by atoms with Gasteiger partial charge in [-0.3, -0.25) is 0 Å². The number of nitrogens with one attached hydrogen (secondary N) is 1. The first-order valence-electron chi connectivity index (χ1n) is 9.01. The van der Waals surface area contributed by atoms with Crippen molar-refractivity contribution in [3.63, 3.8) is 0 Å². The predicted molar refractivity (Wildman–Crippen MR) is 107 cm³/mol. The van der Waals surface area contributed by atoms with E-state index in [2.05, 4.69) is 4.72 Å². The van der Waals surface area contributed by atoms with Gasteiger partial charge in [0.2, 0.25) is 10.0 Å². The molecule has 0 heterocycles. The topological polar surface area (TPSA) is 72.5 Å². The predicted octanol–water partition coefficient (Wildman–Crippen LogP) is 4.01. The standard InChI is InChI=1S/C22H19NO4S/c24-22(18-7-4-8-21(15-18)28(25,26)23-19-11-12-19)27-20-13-9-17(10-14-20)16-5-2-1-3-6-16/h1-10,13-15,19,23H,11-12H2. The number of benzene rings is 3. The van der Waals surface area contributed by atoms with Crippen molar-refractivity contribution in [2.75, 3.05) is 0 Å². The minimum Gasteiger partial charge on any atom is -0.423 e. The molecule has 28 heavy (non-hydrogen) atoms. The molecule has 3 aromatic carbocycles. The molecule has 1 fully saturated rings. The van der Waals surface area contributed by atoms with Crippen LogP contribution in [0, 0.1) is 0 Å². The average molecular weight is 393 g/mol. The Bertz CT molecular complexity index is 1090. The van der Waals surface area contributed by atoms with Crippen molar-refractivity contribution < 1.29 is 17.9 Å². The van der Waals surface area contributed by atoms with Gasteiger partial charge in [-0.1, -0.05) is 48.5 Å². The monoisotopic (exact) mass is 393 g/mol. The Kier molecular flexibility index (Phi) is 4.98. The van der Waals surface area contributed by atoms with Crippen LogP contribution in [0.5, 0.6) is 5.75 Å². The molecule has 0 radical (unpaired) electrons. The SMILES string of the molecule is O=C(Oc1ccc(-c2ccccc2)cc1)c1cccc(S(=O)(=O)NC2CC2)c1. The van der Waals surface area contributed by atoms with E-state index in [0.717, 1.165) is 24.0 Å². The Morgan fingerprint density at radius 2 is 1.54 bits per heavy atom. The molecule has 6 heteroatoms. The maximum Gasteiger partial charge on any atom is 0.343 e. The molecule has 0 aliphatic heterocycles. The third kappa shape index (κ3) is 4.30. The van der Waals surface area contributed by atoms with Gasteiger partial charge >= 0.3 is 5.97 Å². The first-order valence-corrected chi connectivity index (χ1v) is 10.5. The molecule has 3 aromatic rings. The van der Waals surface area contributed by atoms with E-state index in [0.29, 0.717) is 5.75 Å². The van der Waals surface area contributed by atoms with Crippen molar-refractivity contribution in [1.82, 2.24) is 4.72 Å². The van der Waals surface area contributed by atoms with Gasteiger partial charge in [-0.2, -0.15) is 0 Å². The average Bonchev–Trinajstić information content (AvgIpc) is 3.53. The van der Waals surface area contributed by atoms with Gasteiger partial charge in [0.05, 0.1) is 10.5 Å². The highest BCUT2D eigenvalue weighted by atomic mass is 32.2. The van der Waals surface area contributed by atoms with Crippen LogP contribution >= 0.6 is 0 Å². The summed E-state index contributed by atoms with van der Waals surface area (Å²) < 4.78 is 32.7. The van der Waals surface area contributed by atoms with Gasteiger partial charge in [0.1, 0.15) is 5.75 Å². The number of hydrogen-bond donors (Lipinski definition) is 1. The minimum absolute atomic E-state index is 0.00346. The second kappa shape index (κ2) is 7.58. The number of hydrogen-bond acceptors (Lipinski definition) is 4. The lowest BCUT2D eigenvalue weighted by atomic mass is 10.1. The van der Waals surface area contributed by atoms with Crippen LogP contribution in [0.15, 0.2) is 83.8 Å². The highest BCUT2D eigenvalue weighted by Crippen LogP contribution is 2.24. The Morgan fingerprint density at radius 3 is 2.21 bits per heavy atom. The van der Waals surface area contributed by atoms with E-state index in [1.54, 1.807) is 12.1 Å². The van der Waals surface area contributed by atoms with E-state index in [1.165, 1.54) is 24.3 Å². The van der Waals surface area contributed by atoms with E-state index >= 15 is 0 Å². The summed E-state index contributed by atoms with van der Waals surface area (Å²) in [5.74, 6) is -0.204. The van der Waals surface area contributed by atoms with Gasteiger partial charge in [-0.15, -0.1) is 0 Å². The molecule has 1 saturated carbocycles. The van der Waals surface area contributed by atoms with Crippen LogP contribution in [0.4, 0.5) is 0 Å². The van der Waals surface area contributed by atoms with Gasteiger partial charge in [0.25, 0.3) is 0 Å². The van der Waals surface area contributed by atoms with Gasteiger partial charge in [0, 0.05) is 6.04 Å². The van der Waals surface area contributed by atoms with Crippen molar-refractivity contribution in [3.05, 3.63) is 84.4 Å². The van der Waals surface area contributed by atoms with Crippen LogP contribution in [-0.2, 0) is 10.0 Å². The van der Waals surface area contributed by atoms with E-state index < -0.39 is 16.0 Å². The summed E-state index contributed by atoms with van der Waals surface area (Å²) in [5, 5.41) is 0. The second-order valence-electron chi connectivity index (χ2n) is 6.70. The number of rotatable bonds is 6. The Labute approximate surface area is 164 Å². The minimum atomic E-state index is -3.62. The molecule has 0 spiro atoms. The number of carbonyl (C=O) groups is 1. The Morgan fingerprint density at radius 1 is 0.857 bits per heavy atom. The molecule has 5 nitrogen and oxygen atoms in total. The van der Waals surface area contributed by atoms with Crippen molar-refractivity contribution in [1.29, 1.82) is 0 Å². The third-order valence-electron chi connectivity index (χ3n) is 4.45. The summed E-state index contributed by atoms with van der Waals surface area (Å²) in [4.78, 5) is 12.5. The molecular formula is C22H19NO4S. The lowest BCUT2D eigenvalue weighted by Crippen LogP contribution is -2.26. The summed E-state index contributed by atoms with van der Waals surface area (Å²) in [6, 6.07) is 22.9. The number of sulfonamides is 1. The van der Waals surface area contributed by atoms with Crippen molar-refractivity contribution in [2.45, 2.75) is 23.8 Å². The number of esters is 1. The molecule has 0 atom stereocenters. The smallest absolute Gasteiger partial charge is 0.343 e. The molecule has 0 saturated heterocycles. The normalized spacial score (nSPS) is 13.9. The fourth-order valence-electron chi connectivity index (χ4n) is 2.79. The highest BCUT2D eigenvalue weighted by molar-refractivity contribution is 7.89. The third-order valence-corrected chi connectivity index (χ3v) is 5.97. The Hall–Kier alpha value is -2.96. The second-order valence-corrected chi connectivity index (χ2v) is 8.42. The van der Waals surface area contributed by atoms with Crippen LogP contribution in [-0.4, -0.2) is 20.4 Å². The zero-order chi connectivity index (χ0) is 19.6. The molecule has 4 rings (SSSR count). The molecule has 142 valence electrons. The van der Waals surface area contributed by atoms with Crippen LogP contribution in [0.25, 0.3) is 11.1 Å². The van der Waals surface area contributed by atoms with E-state index in [1.807, 2.05) is 42.5 Å². The highest BCUT2D eigenvalue weighted by Gasteiger charge is 2.28. The fourth-order valence-corrected chi connectivity index (χ4v) is 4.14. The summed E-state index contributed by atoms with van der Waals surface area (Å²) in [5.41, 5.74) is 2.27. The van der Waals surface area contributed by atoms with Crippen molar-refractivity contribution in [3.8, 4) is 16.9 Å². The largest absolute Gasteiger partial charge is 0.423 e. The van der Waals surface area contributed by atoms with Crippen LogP contribution < -0.4 is 9.46 Å². The Balaban J connectivity index is 1.48. The van der Waals surface area contributed by atoms with Crippen LogP contribution in [0.2, 0.25) is 0 Å². The molecule has 0 aromatic heterocycles. The zero-order valence-corrected chi connectivity index (χ0v) is 15.9. The summed E-state index contributed by atoms with van der Waals surface area (Å²) in [6.45, 7) is 0. The lowest BCUT2D eigenvalue weighted by molar-refractivity contribution is 0.0734. The maximum atomic E-state index is 12.4. The van der Waals surface area contributed by atoms with E-state index in [4.69, 9.17) is 4.74 Å². The molecule has 0 amide bonds. The molecular weight excluding hydrogens is 374 g/mol. The lowest BCUT2D eigenvalue weighted by Gasteiger charge is -2.08. The van der Waals surface area contributed by atoms with Gasteiger partial charge in [-0.25, -0.2) is 17.9 Å². The molecule has 0 bridgehead atoms. The van der Waals surface area contributed by atoms with Crippen LogP contribution in [0.1, 0.15) is 23.2 Å².